The summed E-state index contributed by atoms with van der Waals surface area (Å²) in [5, 5.41) is 0. The van der Waals surface area contributed by atoms with E-state index in [0.29, 0.717) is 0 Å². The summed E-state index contributed by atoms with van der Waals surface area (Å²) in [5.74, 6) is 0.994. The van der Waals surface area contributed by atoms with Gasteiger partial charge in [-0.05, 0) is 54.9 Å². The van der Waals surface area contributed by atoms with Gasteiger partial charge < -0.3 is 10.5 Å². The first-order chi connectivity index (χ1) is 8.25. The quantitative estimate of drug-likeness (QED) is 0.884. The molecule has 2 heteroatoms. The average molecular weight is 249 g/mol. The molecule has 1 unspecified atom stereocenters. The van der Waals surface area contributed by atoms with Crippen LogP contribution < -0.4 is 10.5 Å². The van der Waals surface area contributed by atoms with Gasteiger partial charge in [0.15, 0.2) is 0 Å². The van der Waals surface area contributed by atoms with Crippen molar-refractivity contribution in [2.45, 2.75) is 53.5 Å². The van der Waals surface area contributed by atoms with Crippen molar-refractivity contribution in [1.29, 1.82) is 0 Å². The van der Waals surface area contributed by atoms with Crippen molar-refractivity contribution in [3.05, 3.63) is 28.8 Å². The van der Waals surface area contributed by atoms with Crippen LogP contribution >= 0.6 is 0 Å². The number of hydrogen-bond acceptors (Lipinski definition) is 2. The molecule has 0 radical (unpaired) electrons. The van der Waals surface area contributed by atoms with Gasteiger partial charge in [-0.1, -0.05) is 26.8 Å². The first kappa shape index (κ1) is 15.0. The molecule has 0 spiro atoms. The van der Waals surface area contributed by atoms with E-state index < -0.39 is 0 Å². The summed E-state index contributed by atoms with van der Waals surface area (Å²) >= 11 is 0. The molecule has 1 rings (SSSR count). The Labute approximate surface area is 112 Å². The van der Waals surface area contributed by atoms with E-state index in [9.17, 15) is 0 Å². The molecule has 2 nitrogen and oxygen atoms in total. The largest absolute Gasteiger partial charge is 0.496 e. The normalized spacial score (nSPS) is 13.5. The minimum Gasteiger partial charge on any atom is -0.496 e. The molecule has 1 aromatic carbocycles. The van der Waals surface area contributed by atoms with Crippen LogP contribution in [0.5, 0.6) is 5.75 Å². The van der Waals surface area contributed by atoms with Crippen LogP contribution in [0.1, 0.15) is 43.9 Å². The smallest absolute Gasteiger partial charge is 0.122 e. The van der Waals surface area contributed by atoms with Gasteiger partial charge in [0, 0.05) is 6.04 Å². The van der Waals surface area contributed by atoms with Crippen molar-refractivity contribution in [2.24, 2.45) is 11.1 Å². The second-order valence-electron chi connectivity index (χ2n) is 6.27. The van der Waals surface area contributed by atoms with Gasteiger partial charge in [0.25, 0.3) is 0 Å². The van der Waals surface area contributed by atoms with E-state index in [-0.39, 0.29) is 11.5 Å². The molecule has 0 aromatic heterocycles. The minimum absolute atomic E-state index is 0.159. The highest BCUT2D eigenvalue weighted by Crippen LogP contribution is 2.28. The number of rotatable bonds is 4. The van der Waals surface area contributed by atoms with E-state index in [0.717, 1.165) is 18.6 Å². The molecular weight excluding hydrogens is 222 g/mol. The van der Waals surface area contributed by atoms with E-state index >= 15 is 0 Å². The molecule has 1 atom stereocenters. The molecule has 0 amide bonds. The van der Waals surface area contributed by atoms with Crippen LogP contribution in [0.2, 0.25) is 0 Å². The van der Waals surface area contributed by atoms with Crippen molar-refractivity contribution in [2.75, 3.05) is 7.11 Å². The summed E-state index contributed by atoms with van der Waals surface area (Å²) in [7, 11) is 1.74. The van der Waals surface area contributed by atoms with Crippen LogP contribution in [0.3, 0.4) is 0 Å². The van der Waals surface area contributed by atoms with E-state index in [1.165, 1.54) is 16.7 Å². The molecule has 0 aliphatic carbocycles. The topological polar surface area (TPSA) is 35.2 Å². The molecule has 2 N–H and O–H groups in total. The highest BCUT2D eigenvalue weighted by atomic mass is 16.5. The zero-order valence-corrected chi connectivity index (χ0v) is 12.6. The average Bonchev–Trinajstić information content (AvgIpc) is 2.25. The summed E-state index contributed by atoms with van der Waals surface area (Å²) in [6.07, 6.45) is 1.97. The Kier molecular flexibility index (Phi) is 4.80. The number of benzene rings is 1. The molecule has 1 aromatic rings. The Morgan fingerprint density at radius 2 is 1.83 bits per heavy atom. The number of nitrogens with two attached hydrogens (primary N) is 1. The first-order valence-electron chi connectivity index (χ1n) is 6.65. The Balaban J connectivity index is 2.85. The van der Waals surface area contributed by atoms with Crippen LogP contribution in [-0.4, -0.2) is 13.2 Å². The van der Waals surface area contributed by atoms with Gasteiger partial charge in [0.2, 0.25) is 0 Å². The second-order valence-corrected chi connectivity index (χ2v) is 6.27. The summed E-state index contributed by atoms with van der Waals surface area (Å²) in [5.41, 5.74) is 10.2. The van der Waals surface area contributed by atoms with Crippen LogP contribution in [0.25, 0.3) is 0 Å². The van der Waals surface area contributed by atoms with Gasteiger partial charge in [0.05, 0.1) is 7.11 Å². The monoisotopic (exact) mass is 249 g/mol. The van der Waals surface area contributed by atoms with Crippen molar-refractivity contribution < 1.29 is 4.74 Å². The van der Waals surface area contributed by atoms with Crippen LogP contribution in [0, 0.1) is 19.3 Å². The van der Waals surface area contributed by atoms with E-state index in [2.05, 4.69) is 46.8 Å². The maximum Gasteiger partial charge on any atom is 0.122 e. The zero-order chi connectivity index (χ0) is 13.9. The maximum absolute atomic E-state index is 6.23. The molecule has 0 saturated heterocycles. The summed E-state index contributed by atoms with van der Waals surface area (Å²) in [4.78, 5) is 0. The number of aryl methyl sites for hydroxylation is 2. The molecule has 0 bridgehead atoms. The van der Waals surface area contributed by atoms with Crippen molar-refractivity contribution >= 4 is 0 Å². The fraction of sp³-hybridized carbons (Fsp3) is 0.625. The zero-order valence-electron chi connectivity index (χ0n) is 12.6. The Morgan fingerprint density at radius 3 is 2.33 bits per heavy atom. The molecule has 0 heterocycles. The Hall–Kier alpha value is -1.02. The number of hydrogen-bond donors (Lipinski definition) is 1. The third-order valence-corrected chi connectivity index (χ3v) is 3.61. The van der Waals surface area contributed by atoms with Gasteiger partial charge in [0.1, 0.15) is 5.75 Å². The van der Waals surface area contributed by atoms with Gasteiger partial charge in [-0.3, -0.25) is 0 Å². The summed E-state index contributed by atoms with van der Waals surface area (Å²) < 4.78 is 5.48. The lowest BCUT2D eigenvalue weighted by molar-refractivity contribution is 0.304. The lowest BCUT2D eigenvalue weighted by Crippen LogP contribution is -2.35. The number of methoxy groups -OCH3 is 1. The van der Waals surface area contributed by atoms with Crippen molar-refractivity contribution in [3.8, 4) is 5.75 Å². The first-order valence-corrected chi connectivity index (χ1v) is 6.65. The fourth-order valence-electron chi connectivity index (χ4n) is 2.19. The molecule has 0 aliphatic heterocycles. The van der Waals surface area contributed by atoms with Crippen molar-refractivity contribution in [3.63, 3.8) is 0 Å². The third kappa shape index (κ3) is 3.74. The Bertz CT molecular complexity index is 404. The highest BCUT2D eigenvalue weighted by molar-refractivity contribution is 5.43. The van der Waals surface area contributed by atoms with E-state index in [4.69, 9.17) is 10.5 Å². The highest BCUT2D eigenvalue weighted by Gasteiger charge is 2.21. The van der Waals surface area contributed by atoms with Gasteiger partial charge in [-0.2, -0.15) is 0 Å². The third-order valence-electron chi connectivity index (χ3n) is 3.61. The predicted octanol–water partition coefficient (Wildman–Crippen LogP) is 3.62. The molecule has 102 valence electrons. The van der Waals surface area contributed by atoms with E-state index in [1.807, 2.05) is 0 Å². The lowest BCUT2D eigenvalue weighted by atomic mass is 9.83. The van der Waals surface area contributed by atoms with Crippen LogP contribution in [0.4, 0.5) is 0 Å². The fourth-order valence-corrected chi connectivity index (χ4v) is 2.19. The molecular formula is C16H27NO. The van der Waals surface area contributed by atoms with Crippen LogP contribution in [-0.2, 0) is 6.42 Å². The standard InChI is InChI=1S/C16H27NO/c1-11-9-12(2)13(14(10-11)18-6)7-8-15(17)16(3,4)5/h9-10,15H,7-8,17H2,1-6H3. The molecule has 0 saturated carbocycles. The molecule has 0 fully saturated rings. The second kappa shape index (κ2) is 5.75. The SMILES string of the molecule is COc1cc(C)cc(C)c1CCC(N)C(C)(C)C. The van der Waals surface area contributed by atoms with Gasteiger partial charge in [-0.25, -0.2) is 0 Å². The minimum atomic E-state index is 0.159. The maximum atomic E-state index is 6.23. The molecule has 18 heavy (non-hydrogen) atoms. The predicted molar refractivity (Wildman–Crippen MR) is 78.2 cm³/mol. The van der Waals surface area contributed by atoms with Gasteiger partial charge in [-0.15, -0.1) is 0 Å². The van der Waals surface area contributed by atoms with E-state index in [1.54, 1.807) is 7.11 Å². The Morgan fingerprint density at radius 1 is 1.22 bits per heavy atom. The van der Waals surface area contributed by atoms with Crippen LogP contribution in [0.15, 0.2) is 12.1 Å². The molecule has 0 aliphatic rings. The number of ether oxygens (including phenoxy) is 1. The summed E-state index contributed by atoms with van der Waals surface area (Å²) in [6.45, 7) is 10.8. The lowest BCUT2D eigenvalue weighted by Gasteiger charge is -2.27. The van der Waals surface area contributed by atoms with Gasteiger partial charge >= 0.3 is 0 Å². The van der Waals surface area contributed by atoms with Crippen molar-refractivity contribution in [1.82, 2.24) is 0 Å². The summed E-state index contributed by atoms with van der Waals surface area (Å²) in [6, 6.07) is 4.52.